The van der Waals surface area contributed by atoms with Crippen molar-refractivity contribution in [3.8, 4) is 0 Å². The molecule has 1 saturated carbocycles. The van der Waals surface area contributed by atoms with Gasteiger partial charge in [-0.05, 0) is 51.5 Å². The molecule has 0 bridgehead atoms. The molecule has 1 aliphatic carbocycles. The molecule has 1 heterocycles. The molecule has 2 aliphatic rings. The first-order chi connectivity index (χ1) is 9.00. The predicted molar refractivity (Wildman–Crippen MR) is 80.4 cm³/mol. The first kappa shape index (κ1) is 15.3. The standard InChI is InChI=1S/C16H32N2O/c1-5-17-15-7-6-13(2)10-14(15)11-18-8-9-19-16(3,4)12-18/h13-15,17H,5-12H2,1-4H3. The molecule has 19 heavy (non-hydrogen) atoms. The van der Waals surface area contributed by atoms with E-state index < -0.39 is 0 Å². The van der Waals surface area contributed by atoms with Crippen LogP contribution in [-0.4, -0.2) is 49.3 Å². The van der Waals surface area contributed by atoms with Crippen molar-refractivity contribution in [2.45, 2.75) is 58.6 Å². The van der Waals surface area contributed by atoms with Gasteiger partial charge in [-0.2, -0.15) is 0 Å². The lowest BCUT2D eigenvalue weighted by molar-refractivity contribution is -0.0912. The van der Waals surface area contributed by atoms with Gasteiger partial charge in [0.1, 0.15) is 0 Å². The van der Waals surface area contributed by atoms with Crippen molar-refractivity contribution < 1.29 is 4.74 Å². The Morgan fingerprint density at radius 2 is 2.11 bits per heavy atom. The van der Waals surface area contributed by atoms with E-state index in [4.69, 9.17) is 4.74 Å². The zero-order valence-electron chi connectivity index (χ0n) is 13.2. The van der Waals surface area contributed by atoms with Gasteiger partial charge in [0, 0.05) is 25.7 Å². The topological polar surface area (TPSA) is 24.5 Å². The summed E-state index contributed by atoms with van der Waals surface area (Å²) in [6.45, 7) is 14.5. The predicted octanol–water partition coefficient (Wildman–Crippen LogP) is 2.51. The summed E-state index contributed by atoms with van der Waals surface area (Å²) in [6, 6.07) is 0.729. The number of nitrogens with zero attached hydrogens (tertiary/aromatic N) is 1. The van der Waals surface area contributed by atoms with Gasteiger partial charge < -0.3 is 10.1 Å². The van der Waals surface area contributed by atoms with Gasteiger partial charge in [0.15, 0.2) is 0 Å². The Kier molecular flexibility index (Phi) is 5.27. The smallest absolute Gasteiger partial charge is 0.0753 e. The third-order valence-corrected chi connectivity index (χ3v) is 4.71. The molecular formula is C16H32N2O. The summed E-state index contributed by atoms with van der Waals surface area (Å²) in [5.74, 6) is 1.71. The highest BCUT2D eigenvalue weighted by Gasteiger charge is 2.33. The SMILES string of the molecule is CCNC1CCC(C)CC1CN1CCOC(C)(C)C1. The van der Waals surface area contributed by atoms with E-state index in [9.17, 15) is 0 Å². The van der Waals surface area contributed by atoms with Crippen molar-refractivity contribution in [1.82, 2.24) is 10.2 Å². The molecule has 2 rings (SSSR count). The fourth-order valence-corrected chi connectivity index (χ4v) is 3.83. The third-order valence-electron chi connectivity index (χ3n) is 4.71. The first-order valence-electron chi connectivity index (χ1n) is 8.10. The second kappa shape index (κ2) is 6.55. The van der Waals surface area contributed by atoms with Crippen LogP contribution in [-0.2, 0) is 4.74 Å². The zero-order valence-corrected chi connectivity index (χ0v) is 13.2. The van der Waals surface area contributed by atoms with Crippen molar-refractivity contribution >= 4 is 0 Å². The van der Waals surface area contributed by atoms with Crippen LogP contribution in [0.5, 0.6) is 0 Å². The van der Waals surface area contributed by atoms with Gasteiger partial charge in [-0.3, -0.25) is 4.90 Å². The van der Waals surface area contributed by atoms with Gasteiger partial charge in [-0.15, -0.1) is 0 Å². The molecule has 112 valence electrons. The van der Waals surface area contributed by atoms with Crippen LogP contribution in [0.1, 0.15) is 47.0 Å². The third kappa shape index (κ3) is 4.44. The van der Waals surface area contributed by atoms with Gasteiger partial charge in [0.05, 0.1) is 12.2 Å². The summed E-state index contributed by atoms with van der Waals surface area (Å²) >= 11 is 0. The van der Waals surface area contributed by atoms with Crippen LogP contribution >= 0.6 is 0 Å². The van der Waals surface area contributed by atoms with Crippen molar-refractivity contribution in [3.05, 3.63) is 0 Å². The maximum absolute atomic E-state index is 5.82. The highest BCUT2D eigenvalue weighted by atomic mass is 16.5. The molecule has 3 unspecified atom stereocenters. The number of morpholine rings is 1. The monoisotopic (exact) mass is 268 g/mol. The van der Waals surface area contributed by atoms with Crippen molar-refractivity contribution in [1.29, 1.82) is 0 Å². The molecule has 3 atom stereocenters. The highest BCUT2D eigenvalue weighted by Crippen LogP contribution is 2.30. The quantitative estimate of drug-likeness (QED) is 0.848. The van der Waals surface area contributed by atoms with Gasteiger partial charge in [0.25, 0.3) is 0 Å². The molecule has 0 spiro atoms. The fourth-order valence-electron chi connectivity index (χ4n) is 3.83. The van der Waals surface area contributed by atoms with E-state index in [1.165, 1.54) is 25.8 Å². The minimum absolute atomic E-state index is 0.0339. The molecule has 3 nitrogen and oxygen atoms in total. The Morgan fingerprint density at radius 3 is 2.79 bits per heavy atom. The molecular weight excluding hydrogens is 236 g/mol. The molecule has 1 aliphatic heterocycles. The number of hydrogen-bond acceptors (Lipinski definition) is 3. The average Bonchev–Trinajstić information content (AvgIpc) is 2.31. The second-order valence-corrected chi connectivity index (χ2v) is 7.19. The largest absolute Gasteiger partial charge is 0.373 e. The molecule has 2 fully saturated rings. The summed E-state index contributed by atoms with van der Waals surface area (Å²) in [5, 5.41) is 3.71. The molecule has 1 N–H and O–H groups in total. The van der Waals surface area contributed by atoms with Crippen LogP contribution in [0.25, 0.3) is 0 Å². The van der Waals surface area contributed by atoms with Crippen molar-refractivity contribution in [3.63, 3.8) is 0 Å². The van der Waals surface area contributed by atoms with E-state index in [1.807, 2.05) is 0 Å². The number of rotatable bonds is 4. The maximum Gasteiger partial charge on any atom is 0.0753 e. The van der Waals surface area contributed by atoms with Crippen LogP contribution in [0.4, 0.5) is 0 Å². The van der Waals surface area contributed by atoms with Crippen LogP contribution < -0.4 is 5.32 Å². The molecule has 0 aromatic carbocycles. The second-order valence-electron chi connectivity index (χ2n) is 7.19. The highest BCUT2D eigenvalue weighted by molar-refractivity contribution is 4.88. The Hall–Kier alpha value is -0.120. The Labute approximate surface area is 119 Å². The summed E-state index contributed by atoms with van der Waals surface area (Å²) in [5.41, 5.74) is 0.0339. The minimum Gasteiger partial charge on any atom is -0.373 e. The molecule has 1 saturated heterocycles. The zero-order chi connectivity index (χ0) is 13.9. The lowest BCUT2D eigenvalue weighted by Gasteiger charge is -2.43. The summed E-state index contributed by atoms with van der Waals surface area (Å²) in [6.07, 6.45) is 4.13. The van der Waals surface area contributed by atoms with Crippen LogP contribution in [0, 0.1) is 11.8 Å². The number of nitrogens with one attached hydrogen (secondary N) is 1. The molecule has 0 radical (unpaired) electrons. The molecule has 0 amide bonds. The van der Waals surface area contributed by atoms with E-state index in [-0.39, 0.29) is 5.60 Å². The molecule has 3 heteroatoms. The van der Waals surface area contributed by atoms with Gasteiger partial charge in [-0.25, -0.2) is 0 Å². The molecule has 0 aromatic heterocycles. The lowest BCUT2D eigenvalue weighted by Crippen LogP contribution is -2.52. The normalized spacial score (nSPS) is 36.3. The Bertz CT molecular complexity index is 280. The first-order valence-corrected chi connectivity index (χ1v) is 8.10. The van der Waals surface area contributed by atoms with Gasteiger partial charge in [0.2, 0.25) is 0 Å². The van der Waals surface area contributed by atoms with Crippen molar-refractivity contribution in [2.24, 2.45) is 11.8 Å². The fraction of sp³-hybridized carbons (Fsp3) is 1.00. The number of hydrogen-bond donors (Lipinski definition) is 1. The van der Waals surface area contributed by atoms with Crippen LogP contribution in [0.3, 0.4) is 0 Å². The minimum atomic E-state index is 0.0339. The van der Waals surface area contributed by atoms with E-state index in [0.717, 1.165) is 44.1 Å². The maximum atomic E-state index is 5.82. The lowest BCUT2D eigenvalue weighted by atomic mass is 9.78. The van der Waals surface area contributed by atoms with Crippen molar-refractivity contribution in [2.75, 3.05) is 32.8 Å². The summed E-state index contributed by atoms with van der Waals surface area (Å²) < 4.78 is 5.82. The summed E-state index contributed by atoms with van der Waals surface area (Å²) in [4.78, 5) is 2.62. The van der Waals surface area contributed by atoms with Crippen LogP contribution in [0.2, 0.25) is 0 Å². The van der Waals surface area contributed by atoms with Gasteiger partial charge in [-0.1, -0.05) is 13.8 Å². The van der Waals surface area contributed by atoms with Gasteiger partial charge >= 0.3 is 0 Å². The average molecular weight is 268 g/mol. The van der Waals surface area contributed by atoms with E-state index in [2.05, 4.69) is 37.9 Å². The summed E-state index contributed by atoms with van der Waals surface area (Å²) in [7, 11) is 0. The van der Waals surface area contributed by atoms with E-state index >= 15 is 0 Å². The number of ether oxygens (including phenoxy) is 1. The molecule has 0 aromatic rings. The van der Waals surface area contributed by atoms with E-state index in [0.29, 0.717) is 0 Å². The van der Waals surface area contributed by atoms with Crippen LogP contribution in [0.15, 0.2) is 0 Å². The Balaban J connectivity index is 1.90. The van der Waals surface area contributed by atoms with E-state index in [1.54, 1.807) is 0 Å². The Morgan fingerprint density at radius 1 is 1.32 bits per heavy atom.